The van der Waals surface area contributed by atoms with E-state index in [1.54, 1.807) is 48.3 Å². The van der Waals surface area contributed by atoms with E-state index in [1.165, 1.54) is 12.3 Å². The molecular weight excluding hydrogens is 475 g/mol. The summed E-state index contributed by atoms with van der Waals surface area (Å²) in [5.41, 5.74) is 0.787. The summed E-state index contributed by atoms with van der Waals surface area (Å²) < 4.78 is 21.0. The summed E-state index contributed by atoms with van der Waals surface area (Å²) in [6, 6.07) is 3.27. The van der Waals surface area contributed by atoms with E-state index >= 15 is 0 Å². The van der Waals surface area contributed by atoms with Crippen molar-refractivity contribution in [1.82, 2.24) is 19.4 Å². The van der Waals surface area contributed by atoms with Gasteiger partial charge in [0.2, 0.25) is 5.91 Å². The van der Waals surface area contributed by atoms with Gasteiger partial charge in [0, 0.05) is 38.5 Å². The quantitative estimate of drug-likeness (QED) is 0.450. The van der Waals surface area contributed by atoms with Crippen molar-refractivity contribution in [3.63, 3.8) is 0 Å². The molecule has 1 N–H and O–H groups in total. The summed E-state index contributed by atoms with van der Waals surface area (Å²) in [4.78, 5) is 35.3. The molecule has 1 saturated heterocycles. The molecule has 2 aromatic heterocycles. The first-order valence-electron chi connectivity index (χ1n) is 12.1. The minimum absolute atomic E-state index is 0.00419. The molecule has 0 bridgehead atoms. The molecule has 1 aliphatic carbocycles. The highest BCUT2D eigenvalue weighted by Crippen LogP contribution is 2.31. The molecule has 37 heavy (non-hydrogen) atoms. The third-order valence-corrected chi connectivity index (χ3v) is 5.84. The first-order chi connectivity index (χ1) is 18.0. The topological polar surface area (TPSA) is 96.0 Å². The van der Waals surface area contributed by atoms with E-state index in [0.29, 0.717) is 47.9 Å². The number of furan rings is 1. The van der Waals surface area contributed by atoms with Crippen LogP contribution in [-0.2, 0) is 4.79 Å². The van der Waals surface area contributed by atoms with Crippen molar-refractivity contribution < 1.29 is 18.4 Å². The van der Waals surface area contributed by atoms with Crippen LogP contribution in [0.1, 0.15) is 34.9 Å². The highest BCUT2D eigenvalue weighted by atomic mass is 19.1. The van der Waals surface area contributed by atoms with Crippen LogP contribution < -0.4 is 5.32 Å². The number of halogens is 1. The molecule has 0 aromatic carbocycles. The smallest absolute Gasteiger partial charge is 0.241 e. The summed E-state index contributed by atoms with van der Waals surface area (Å²) in [6.07, 6.45) is 13.7. The first-order valence-corrected chi connectivity index (χ1v) is 12.1. The van der Waals surface area contributed by atoms with Crippen LogP contribution in [0.15, 0.2) is 64.5 Å². The lowest BCUT2D eigenvalue weighted by Crippen LogP contribution is -2.38. The normalized spacial score (nSPS) is 16.2. The maximum absolute atomic E-state index is 14.7. The van der Waals surface area contributed by atoms with Crippen LogP contribution in [0, 0.1) is 0 Å². The van der Waals surface area contributed by atoms with Crippen LogP contribution in [0.3, 0.4) is 0 Å². The molecular formula is C27H33FN6O3. The third-order valence-electron chi connectivity index (χ3n) is 5.84. The fourth-order valence-electron chi connectivity index (χ4n) is 3.92. The summed E-state index contributed by atoms with van der Waals surface area (Å²) >= 11 is 0. The average molecular weight is 509 g/mol. The van der Waals surface area contributed by atoms with Crippen molar-refractivity contribution in [1.29, 1.82) is 0 Å². The third kappa shape index (κ3) is 7.47. The molecule has 3 heterocycles. The maximum atomic E-state index is 14.7. The summed E-state index contributed by atoms with van der Waals surface area (Å²) in [7, 11) is 3.71. The van der Waals surface area contributed by atoms with Crippen LogP contribution in [0.4, 0.5) is 10.2 Å². The van der Waals surface area contributed by atoms with E-state index < -0.39 is 0 Å². The van der Waals surface area contributed by atoms with E-state index in [0.717, 1.165) is 26.1 Å². The van der Waals surface area contributed by atoms with Crippen molar-refractivity contribution in [2.45, 2.75) is 12.8 Å². The van der Waals surface area contributed by atoms with Gasteiger partial charge < -0.3 is 19.5 Å². The van der Waals surface area contributed by atoms with Gasteiger partial charge in [-0.3, -0.25) is 19.1 Å². The Morgan fingerprint density at radius 3 is 2.76 bits per heavy atom. The lowest BCUT2D eigenvalue weighted by Gasteiger charge is -2.21. The molecule has 0 spiro atoms. The van der Waals surface area contributed by atoms with Crippen LogP contribution in [0.5, 0.6) is 0 Å². The molecule has 2 aromatic rings. The predicted molar refractivity (Wildman–Crippen MR) is 144 cm³/mol. The highest BCUT2D eigenvalue weighted by Gasteiger charge is 2.22. The van der Waals surface area contributed by atoms with Gasteiger partial charge in [-0.1, -0.05) is 24.8 Å². The predicted octanol–water partition coefficient (Wildman–Crippen LogP) is 3.90. The van der Waals surface area contributed by atoms with E-state index in [4.69, 9.17) is 0 Å². The van der Waals surface area contributed by atoms with E-state index in [-0.39, 0.29) is 18.3 Å². The van der Waals surface area contributed by atoms with Crippen LogP contribution in [0.25, 0.3) is 11.8 Å². The standard InChI is InChI=1S/C22H29FN6O.C5H4O2/c1-4-29-19(15-24-2)26-21(17-9-6-5-7-10-18(17)23)22(29)25-16-20(30)28-12-8-11-27(3)13-14-28;6-4-5-2-1-3-7-5/h4,6-7,9-10,15,25H,1,5,8,11-14,16H2,2-3H3;1-4H. The number of allylic oxidation sites excluding steroid dienone is 6. The number of carbonyl (C=O) groups is 2. The van der Waals surface area contributed by atoms with Gasteiger partial charge in [0.25, 0.3) is 0 Å². The largest absolute Gasteiger partial charge is 0.462 e. The number of likely N-dealkylation sites (N-methyl/N-ethyl adjacent to an activating group) is 1. The number of hydrogen-bond acceptors (Lipinski definition) is 7. The van der Waals surface area contributed by atoms with Crippen molar-refractivity contribution >= 4 is 36.0 Å². The molecule has 2 aliphatic rings. The monoisotopic (exact) mass is 508 g/mol. The highest BCUT2D eigenvalue weighted by molar-refractivity contribution is 5.88. The van der Waals surface area contributed by atoms with E-state index in [1.807, 2.05) is 11.0 Å². The van der Waals surface area contributed by atoms with Gasteiger partial charge in [-0.2, -0.15) is 0 Å². The summed E-state index contributed by atoms with van der Waals surface area (Å²) in [5.74, 6) is 1.04. The number of nitrogens with zero attached hydrogens (tertiary/aromatic N) is 5. The molecule has 1 amide bonds. The van der Waals surface area contributed by atoms with Crippen LogP contribution in [0.2, 0.25) is 0 Å². The van der Waals surface area contributed by atoms with E-state index in [9.17, 15) is 14.0 Å². The Balaban J connectivity index is 0.000000468. The molecule has 0 atom stereocenters. The van der Waals surface area contributed by atoms with Crippen molar-refractivity contribution in [3.05, 3.63) is 72.4 Å². The van der Waals surface area contributed by atoms with Gasteiger partial charge in [-0.15, -0.1) is 0 Å². The molecule has 4 rings (SSSR count). The molecule has 0 saturated carbocycles. The van der Waals surface area contributed by atoms with Gasteiger partial charge in [0.15, 0.2) is 17.9 Å². The number of amides is 1. The van der Waals surface area contributed by atoms with Gasteiger partial charge in [0.05, 0.1) is 19.0 Å². The van der Waals surface area contributed by atoms with Crippen molar-refractivity contribution in [2.24, 2.45) is 4.99 Å². The van der Waals surface area contributed by atoms with Gasteiger partial charge in [0.1, 0.15) is 17.3 Å². The van der Waals surface area contributed by atoms with Gasteiger partial charge >= 0.3 is 0 Å². The molecule has 10 heteroatoms. The molecule has 1 aliphatic heterocycles. The van der Waals surface area contributed by atoms with E-state index in [2.05, 4.69) is 38.2 Å². The van der Waals surface area contributed by atoms with Crippen LogP contribution in [-0.4, -0.2) is 84.6 Å². The zero-order valence-electron chi connectivity index (χ0n) is 21.3. The SMILES string of the molecule is C=Cn1c(C=NC)nc(C2=C(F)C=CCC=C2)c1NCC(=O)N1CCCN(C)CC1.O=Cc1ccco1. The number of hydrogen-bond donors (Lipinski definition) is 1. The summed E-state index contributed by atoms with van der Waals surface area (Å²) in [6.45, 7) is 7.21. The summed E-state index contributed by atoms with van der Waals surface area (Å²) in [5, 5.41) is 3.18. The lowest BCUT2D eigenvalue weighted by atomic mass is 10.1. The number of anilines is 1. The minimum atomic E-state index is -0.373. The Hall–Kier alpha value is -4.05. The van der Waals surface area contributed by atoms with Crippen molar-refractivity contribution in [3.8, 4) is 0 Å². The Morgan fingerprint density at radius 1 is 1.27 bits per heavy atom. The van der Waals surface area contributed by atoms with Crippen LogP contribution >= 0.6 is 0 Å². The number of rotatable bonds is 7. The Labute approximate surface area is 216 Å². The second kappa shape index (κ2) is 13.9. The molecule has 0 radical (unpaired) electrons. The molecule has 0 unspecified atom stereocenters. The molecule has 196 valence electrons. The maximum Gasteiger partial charge on any atom is 0.241 e. The number of aliphatic imine (C=N–C) groups is 1. The molecule has 9 nitrogen and oxygen atoms in total. The van der Waals surface area contributed by atoms with Gasteiger partial charge in [-0.25, -0.2) is 9.37 Å². The number of aldehydes is 1. The lowest BCUT2D eigenvalue weighted by molar-refractivity contribution is -0.129. The number of imidazole rings is 1. The number of carbonyl (C=O) groups excluding carboxylic acids is 2. The fourth-order valence-corrected chi connectivity index (χ4v) is 3.92. The second-order valence-corrected chi connectivity index (χ2v) is 8.43. The average Bonchev–Trinajstić information content (AvgIpc) is 3.41. The Morgan fingerprint density at radius 2 is 2.08 bits per heavy atom. The number of nitrogens with one attached hydrogen (secondary N) is 1. The number of aromatic nitrogens is 2. The first kappa shape index (κ1) is 27.5. The second-order valence-electron chi connectivity index (χ2n) is 8.43. The zero-order chi connectivity index (χ0) is 26.6. The Kier molecular flexibility index (Phi) is 10.3. The fraction of sp³-hybridized carbons (Fsp3) is 0.333. The zero-order valence-corrected chi connectivity index (χ0v) is 21.3. The Bertz CT molecular complexity index is 1190. The van der Waals surface area contributed by atoms with Gasteiger partial charge in [-0.05, 0) is 44.6 Å². The van der Waals surface area contributed by atoms with Crippen molar-refractivity contribution in [2.75, 3.05) is 52.1 Å². The minimum Gasteiger partial charge on any atom is -0.462 e. The molecule has 1 fully saturated rings.